The van der Waals surface area contributed by atoms with Crippen LogP contribution < -0.4 is 14.8 Å². The number of rotatable bonds is 9. The number of amidine groups is 1. The Balaban J connectivity index is 1.57. The van der Waals surface area contributed by atoms with Crippen molar-refractivity contribution in [3.8, 4) is 11.5 Å². The number of benzene rings is 2. The summed E-state index contributed by atoms with van der Waals surface area (Å²) in [5, 5.41) is 5.52. The van der Waals surface area contributed by atoms with Crippen molar-refractivity contribution in [3.63, 3.8) is 0 Å². The highest BCUT2D eigenvalue weighted by atomic mass is 79.9. The van der Waals surface area contributed by atoms with E-state index in [1.54, 1.807) is 25.1 Å². The Kier molecular flexibility index (Phi) is 8.37. The van der Waals surface area contributed by atoms with E-state index >= 15 is 0 Å². The first-order chi connectivity index (χ1) is 17.4. The molecule has 1 amide bonds. The number of allylic oxidation sites excluding steroid dienone is 1. The van der Waals surface area contributed by atoms with Crippen molar-refractivity contribution in [2.75, 3.05) is 25.1 Å². The molecule has 8 nitrogen and oxygen atoms in total. The topological polar surface area (TPSA) is 89.5 Å². The quantitative estimate of drug-likeness (QED) is 0.390. The largest absolute Gasteiger partial charge is 0.490 e. The van der Waals surface area contributed by atoms with Gasteiger partial charge in [-0.15, -0.1) is 0 Å². The van der Waals surface area contributed by atoms with Crippen LogP contribution in [0.25, 0.3) is 0 Å². The second-order valence-electron chi connectivity index (χ2n) is 7.81. The van der Waals surface area contributed by atoms with Crippen LogP contribution in [0.1, 0.15) is 32.4 Å². The predicted molar refractivity (Wildman–Crippen MR) is 144 cm³/mol. The monoisotopic (exact) mass is 571 g/mol. The van der Waals surface area contributed by atoms with Crippen LogP contribution in [0.4, 0.5) is 5.69 Å². The van der Waals surface area contributed by atoms with Crippen molar-refractivity contribution in [2.24, 2.45) is 4.99 Å². The first-order valence-corrected chi connectivity index (χ1v) is 13.1. The lowest BCUT2D eigenvalue weighted by Crippen LogP contribution is -2.34. The summed E-state index contributed by atoms with van der Waals surface area (Å²) in [5.41, 5.74) is 2.57. The average molecular weight is 572 g/mol. The summed E-state index contributed by atoms with van der Waals surface area (Å²) < 4.78 is 17.9. The molecule has 0 aliphatic carbocycles. The number of nitrogens with zero attached hydrogens (tertiary/aromatic N) is 2. The number of anilines is 1. The van der Waals surface area contributed by atoms with E-state index in [4.69, 9.17) is 14.2 Å². The Labute approximate surface area is 222 Å². The Bertz CT molecular complexity index is 1240. The van der Waals surface area contributed by atoms with Crippen LogP contribution in [0.2, 0.25) is 0 Å². The highest BCUT2D eigenvalue weighted by molar-refractivity contribution is 9.10. The molecule has 0 aromatic heterocycles. The average Bonchev–Trinajstić information content (AvgIpc) is 3.32. The molecule has 4 rings (SSSR count). The van der Waals surface area contributed by atoms with Gasteiger partial charge in [0.15, 0.2) is 23.3 Å². The normalized spacial score (nSPS) is 16.4. The number of amides is 1. The number of thioether (sulfide) groups is 1. The Hall–Kier alpha value is -3.24. The molecule has 1 N–H and O–H groups in total. The van der Waals surface area contributed by atoms with Gasteiger partial charge in [0, 0.05) is 16.4 Å². The van der Waals surface area contributed by atoms with Gasteiger partial charge in [-0.2, -0.15) is 0 Å². The van der Waals surface area contributed by atoms with Crippen LogP contribution >= 0.6 is 27.7 Å². The molecular weight excluding hydrogens is 546 g/mol. The maximum absolute atomic E-state index is 12.9. The van der Waals surface area contributed by atoms with E-state index < -0.39 is 12.0 Å². The van der Waals surface area contributed by atoms with E-state index in [2.05, 4.69) is 26.2 Å². The third-order valence-corrected chi connectivity index (χ3v) is 6.69. The second-order valence-corrected chi connectivity index (χ2v) is 9.60. The second kappa shape index (κ2) is 11.7. The lowest BCUT2D eigenvalue weighted by Gasteiger charge is -2.33. The summed E-state index contributed by atoms with van der Waals surface area (Å²) in [4.78, 5) is 31.8. The first-order valence-electron chi connectivity index (χ1n) is 11.4. The number of esters is 1. The van der Waals surface area contributed by atoms with Gasteiger partial charge in [-0.3, -0.25) is 4.79 Å². The molecule has 188 valence electrons. The zero-order valence-electron chi connectivity index (χ0n) is 20.1. The van der Waals surface area contributed by atoms with Crippen LogP contribution in [-0.2, 0) is 14.3 Å². The predicted octanol–water partition coefficient (Wildman–Crippen LogP) is 5.63. The highest BCUT2D eigenvalue weighted by Gasteiger charge is 2.37. The minimum Gasteiger partial charge on any atom is -0.490 e. The zero-order valence-corrected chi connectivity index (χ0v) is 22.5. The van der Waals surface area contributed by atoms with E-state index in [0.717, 1.165) is 15.2 Å². The smallest absolute Gasteiger partial charge is 0.338 e. The maximum Gasteiger partial charge on any atom is 0.338 e. The number of carbonyl (C=O) groups excluding carboxylic acids is 2. The molecule has 2 aliphatic rings. The lowest BCUT2D eigenvalue weighted by atomic mass is 9.94. The summed E-state index contributed by atoms with van der Waals surface area (Å²) in [6.45, 7) is 5.94. The molecular formula is C26H26BrN3O5S. The minimum atomic E-state index is -0.434. The molecule has 1 atom stereocenters. The van der Waals surface area contributed by atoms with Crippen molar-refractivity contribution < 1.29 is 23.8 Å². The van der Waals surface area contributed by atoms with E-state index in [1.807, 2.05) is 54.6 Å². The maximum atomic E-state index is 12.9. The third kappa shape index (κ3) is 5.76. The van der Waals surface area contributed by atoms with E-state index in [9.17, 15) is 9.59 Å². The van der Waals surface area contributed by atoms with Crippen LogP contribution in [0.15, 0.2) is 74.8 Å². The van der Waals surface area contributed by atoms with Gasteiger partial charge in [0.1, 0.15) is 0 Å². The van der Waals surface area contributed by atoms with Crippen molar-refractivity contribution in [1.29, 1.82) is 0 Å². The molecule has 10 heteroatoms. The molecule has 0 saturated heterocycles. The molecule has 2 aromatic carbocycles. The first kappa shape index (κ1) is 25.8. The van der Waals surface area contributed by atoms with Gasteiger partial charge in [-0.05, 0) is 68.1 Å². The standard InChI is InChI=1S/C26H26BrN3O5S/c1-4-33-21-14-17(6-11-20(21)35-15-22(31)29-19-9-7-18(27)8-10-19)24-23(25(32)34-5-2)16(3)28-26-30(24)12-13-36-26/h6-14,24H,4-5,15H2,1-3H3,(H,29,31)/t24-/m1/s1. The fourth-order valence-electron chi connectivity index (χ4n) is 3.85. The SMILES string of the molecule is CCOC(=O)C1=C(C)N=C2SC=CN2[C@@H]1c1ccc(OCC(=O)Nc2ccc(Br)cc2)c(OCC)c1. The van der Waals surface area contributed by atoms with Crippen molar-refractivity contribution >= 4 is 50.4 Å². The molecule has 0 bridgehead atoms. The number of hydrogen-bond donors (Lipinski definition) is 1. The molecule has 36 heavy (non-hydrogen) atoms. The van der Waals surface area contributed by atoms with Gasteiger partial charge in [-0.25, -0.2) is 9.79 Å². The van der Waals surface area contributed by atoms with Crippen LogP contribution in [0.5, 0.6) is 11.5 Å². The Morgan fingerprint density at radius 3 is 2.58 bits per heavy atom. The Morgan fingerprint density at radius 1 is 1.08 bits per heavy atom. The number of halogens is 1. The summed E-state index contributed by atoms with van der Waals surface area (Å²) >= 11 is 4.87. The molecule has 0 unspecified atom stereocenters. The molecule has 0 spiro atoms. The number of ether oxygens (including phenoxy) is 3. The van der Waals surface area contributed by atoms with Gasteiger partial charge >= 0.3 is 5.97 Å². The van der Waals surface area contributed by atoms with Crippen LogP contribution in [0.3, 0.4) is 0 Å². The molecule has 2 aromatic rings. The number of carbonyl (C=O) groups is 2. The molecule has 2 aliphatic heterocycles. The summed E-state index contributed by atoms with van der Waals surface area (Å²) in [5.74, 6) is 0.212. The van der Waals surface area contributed by atoms with Gasteiger partial charge in [0.05, 0.1) is 30.5 Å². The van der Waals surface area contributed by atoms with Crippen molar-refractivity contribution in [3.05, 3.63) is 75.4 Å². The number of hydrogen-bond acceptors (Lipinski definition) is 8. The van der Waals surface area contributed by atoms with Crippen molar-refractivity contribution in [2.45, 2.75) is 26.8 Å². The Morgan fingerprint density at radius 2 is 1.86 bits per heavy atom. The summed E-state index contributed by atoms with van der Waals surface area (Å²) in [7, 11) is 0. The molecule has 0 fully saturated rings. The minimum absolute atomic E-state index is 0.186. The highest BCUT2D eigenvalue weighted by Crippen LogP contribution is 2.43. The third-order valence-electron chi connectivity index (χ3n) is 5.39. The van der Waals surface area contributed by atoms with Gasteiger partial charge in [0.25, 0.3) is 5.91 Å². The van der Waals surface area contributed by atoms with E-state index in [-0.39, 0.29) is 19.1 Å². The van der Waals surface area contributed by atoms with Gasteiger partial charge < -0.3 is 24.4 Å². The molecule has 0 radical (unpaired) electrons. The van der Waals surface area contributed by atoms with E-state index in [1.165, 1.54) is 11.8 Å². The summed E-state index contributed by atoms with van der Waals surface area (Å²) in [6.07, 6.45) is 1.90. The molecule has 0 saturated carbocycles. The van der Waals surface area contributed by atoms with Crippen LogP contribution in [0, 0.1) is 0 Å². The number of nitrogens with one attached hydrogen (secondary N) is 1. The lowest BCUT2D eigenvalue weighted by molar-refractivity contribution is -0.139. The van der Waals surface area contributed by atoms with Gasteiger partial charge in [0.2, 0.25) is 0 Å². The molecule has 2 heterocycles. The fraction of sp³-hybridized carbons (Fsp3) is 0.269. The fourth-order valence-corrected chi connectivity index (χ4v) is 4.91. The van der Waals surface area contributed by atoms with Gasteiger partial charge in [-0.1, -0.05) is 33.8 Å². The van der Waals surface area contributed by atoms with E-state index in [0.29, 0.717) is 35.1 Å². The zero-order chi connectivity index (χ0) is 25.7. The van der Waals surface area contributed by atoms with Crippen molar-refractivity contribution in [1.82, 2.24) is 4.90 Å². The van der Waals surface area contributed by atoms with Crippen LogP contribution in [-0.4, -0.2) is 41.8 Å². The summed E-state index contributed by atoms with van der Waals surface area (Å²) in [6, 6.07) is 12.3. The number of fused-ring (bicyclic) bond motifs is 1. The number of aliphatic imine (C=N–C) groups is 1.